The minimum Gasteiger partial charge on any atom is -0.383 e. The first-order valence-electron chi connectivity index (χ1n) is 7.71. The zero-order valence-electron chi connectivity index (χ0n) is 12.7. The van der Waals surface area contributed by atoms with Gasteiger partial charge in [0.15, 0.2) is 9.84 Å². The number of carbonyl (C=O) groups is 1. The molecule has 21 heavy (non-hydrogen) atoms. The van der Waals surface area contributed by atoms with Gasteiger partial charge in [-0.2, -0.15) is 0 Å². The molecule has 6 heteroatoms. The molecule has 2 aliphatic rings. The number of hydrogen-bond acceptors (Lipinski definition) is 4. The van der Waals surface area contributed by atoms with Gasteiger partial charge in [0.25, 0.3) is 0 Å². The molecule has 1 heterocycles. The molecule has 0 aromatic rings. The largest absolute Gasteiger partial charge is 0.383 e. The zero-order valence-corrected chi connectivity index (χ0v) is 13.5. The van der Waals surface area contributed by atoms with E-state index < -0.39 is 9.84 Å². The van der Waals surface area contributed by atoms with Crippen molar-refractivity contribution >= 4 is 15.7 Å². The van der Waals surface area contributed by atoms with E-state index in [1.807, 2.05) is 0 Å². The molecule has 1 saturated carbocycles. The average molecular weight is 315 g/mol. The SMILES string of the molecule is COCCN(C(=O)C=C1CCCCC1)[C@H]1CCS(=O)(=O)C1. The van der Waals surface area contributed by atoms with Gasteiger partial charge in [-0.05, 0) is 32.1 Å². The molecule has 1 amide bonds. The van der Waals surface area contributed by atoms with E-state index in [2.05, 4.69) is 0 Å². The summed E-state index contributed by atoms with van der Waals surface area (Å²) in [5.41, 5.74) is 1.20. The summed E-state index contributed by atoms with van der Waals surface area (Å²) in [7, 11) is -1.40. The van der Waals surface area contributed by atoms with Gasteiger partial charge in [-0.15, -0.1) is 0 Å². The summed E-state index contributed by atoms with van der Waals surface area (Å²) in [6, 6.07) is -0.196. The number of hydrogen-bond donors (Lipinski definition) is 0. The molecule has 0 aromatic heterocycles. The number of nitrogens with zero attached hydrogens (tertiary/aromatic N) is 1. The molecule has 2 fully saturated rings. The maximum Gasteiger partial charge on any atom is 0.246 e. The molecule has 1 saturated heterocycles. The summed E-state index contributed by atoms with van der Waals surface area (Å²) in [5, 5.41) is 0. The van der Waals surface area contributed by atoms with Crippen molar-refractivity contribution in [2.24, 2.45) is 0 Å². The van der Waals surface area contributed by atoms with Gasteiger partial charge in [0, 0.05) is 25.8 Å². The fraction of sp³-hybridized carbons (Fsp3) is 0.800. The normalized spacial score (nSPS) is 24.8. The molecular weight excluding hydrogens is 290 g/mol. The van der Waals surface area contributed by atoms with Crippen molar-refractivity contribution < 1.29 is 17.9 Å². The number of rotatable bonds is 5. The van der Waals surface area contributed by atoms with Crippen LogP contribution in [0.15, 0.2) is 11.6 Å². The highest BCUT2D eigenvalue weighted by Gasteiger charge is 2.34. The Morgan fingerprint density at radius 1 is 1.33 bits per heavy atom. The van der Waals surface area contributed by atoms with Crippen LogP contribution in [0.1, 0.15) is 38.5 Å². The van der Waals surface area contributed by atoms with Crippen molar-refractivity contribution in [2.75, 3.05) is 31.8 Å². The van der Waals surface area contributed by atoms with Crippen LogP contribution in [0.2, 0.25) is 0 Å². The topological polar surface area (TPSA) is 63.7 Å². The number of allylic oxidation sites excluding steroid dienone is 1. The van der Waals surface area contributed by atoms with Crippen LogP contribution < -0.4 is 0 Å². The smallest absolute Gasteiger partial charge is 0.246 e. The number of methoxy groups -OCH3 is 1. The Hall–Kier alpha value is -0.880. The molecule has 0 unspecified atom stereocenters. The molecule has 1 atom stereocenters. The molecular formula is C15H25NO4S. The second-order valence-corrected chi connectivity index (χ2v) is 8.17. The highest BCUT2D eigenvalue weighted by molar-refractivity contribution is 7.91. The molecule has 0 radical (unpaired) electrons. The van der Waals surface area contributed by atoms with Crippen LogP contribution in [-0.2, 0) is 19.4 Å². The van der Waals surface area contributed by atoms with Gasteiger partial charge in [-0.25, -0.2) is 8.42 Å². The number of amides is 1. The highest BCUT2D eigenvalue weighted by Crippen LogP contribution is 2.24. The van der Waals surface area contributed by atoms with Gasteiger partial charge in [-0.1, -0.05) is 12.0 Å². The van der Waals surface area contributed by atoms with Crippen LogP contribution in [0.25, 0.3) is 0 Å². The first kappa shape index (κ1) is 16.5. The maximum atomic E-state index is 12.5. The molecule has 5 nitrogen and oxygen atoms in total. The van der Waals surface area contributed by atoms with Gasteiger partial charge < -0.3 is 9.64 Å². The molecule has 2 rings (SSSR count). The van der Waals surface area contributed by atoms with Gasteiger partial charge >= 0.3 is 0 Å². The molecule has 1 aliphatic carbocycles. The third-order valence-corrected chi connectivity index (χ3v) is 6.04. The Labute approximate surface area is 127 Å². The maximum absolute atomic E-state index is 12.5. The predicted octanol–water partition coefficient (Wildman–Crippen LogP) is 1.54. The molecule has 120 valence electrons. The lowest BCUT2D eigenvalue weighted by Gasteiger charge is -2.27. The molecule has 0 bridgehead atoms. The standard InChI is InChI=1S/C15H25NO4S/c1-20-9-8-16(14-7-10-21(18,19)12-14)15(17)11-13-5-3-2-4-6-13/h11,14H,2-10,12H2,1H3/t14-/m0/s1. The van der Waals surface area contributed by atoms with E-state index in [0.717, 1.165) is 25.7 Å². The monoisotopic (exact) mass is 315 g/mol. The van der Waals surface area contributed by atoms with Crippen LogP contribution >= 0.6 is 0 Å². The minimum atomic E-state index is -2.99. The molecule has 0 spiro atoms. The van der Waals surface area contributed by atoms with Crippen molar-refractivity contribution in [1.82, 2.24) is 4.90 Å². The predicted molar refractivity (Wildman–Crippen MR) is 81.8 cm³/mol. The van der Waals surface area contributed by atoms with Crippen LogP contribution in [0.5, 0.6) is 0 Å². The van der Waals surface area contributed by atoms with E-state index in [9.17, 15) is 13.2 Å². The van der Waals surface area contributed by atoms with Gasteiger partial charge in [0.05, 0.1) is 18.1 Å². The second-order valence-electron chi connectivity index (χ2n) is 5.94. The fourth-order valence-electron chi connectivity index (χ4n) is 3.09. The van der Waals surface area contributed by atoms with Crippen LogP contribution in [0.3, 0.4) is 0 Å². The Kier molecular flexibility index (Phi) is 5.81. The van der Waals surface area contributed by atoms with E-state index in [4.69, 9.17) is 4.74 Å². The molecule has 0 N–H and O–H groups in total. The summed E-state index contributed by atoms with van der Waals surface area (Å²) >= 11 is 0. The van der Waals surface area contributed by atoms with Gasteiger partial charge in [0.1, 0.15) is 0 Å². The van der Waals surface area contributed by atoms with Crippen molar-refractivity contribution in [3.05, 3.63) is 11.6 Å². The highest BCUT2D eigenvalue weighted by atomic mass is 32.2. The zero-order chi connectivity index (χ0) is 15.3. The van der Waals surface area contributed by atoms with Crippen LogP contribution in [0, 0.1) is 0 Å². The first-order valence-corrected chi connectivity index (χ1v) is 9.53. The fourth-order valence-corrected chi connectivity index (χ4v) is 4.82. The van der Waals surface area contributed by atoms with Crippen molar-refractivity contribution in [3.8, 4) is 0 Å². The van der Waals surface area contributed by atoms with Crippen LogP contribution in [-0.4, -0.2) is 57.0 Å². The first-order chi connectivity index (χ1) is 10.0. The lowest BCUT2D eigenvalue weighted by Crippen LogP contribution is -2.42. The van der Waals surface area contributed by atoms with E-state index in [1.165, 1.54) is 12.0 Å². The van der Waals surface area contributed by atoms with Crippen LogP contribution in [0.4, 0.5) is 0 Å². The summed E-state index contributed by atoms with van der Waals surface area (Å²) in [5.74, 6) is 0.224. The van der Waals surface area contributed by atoms with E-state index in [0.29, 0.717) is 19.6 Å². The summed E-state index contributed by atoms with van der Waals surface area (Å²) in [6.45, 7) is 0.894. The number of carbonyl (C=O) groups excluding carboxylic acids is 1. The second kappa shape index (κ2) is 7.40. The average Bonchev–Trinajstić information content (AvgIpc) is 2.80. The Morgan fingerprint density at radius 2 is 2.05 bits per heavy atom. The van der Waals surface area contributed by atoms with Crippen molar-refractivity contribution in [2.45, 2.75) is 44.6 Å². The Morgan fingerprint density at radius 3 is 2.62 bits per heavy atom. The summed E-state index contributed by atoms with van der Waals surface area (Å²) in [6.07, 6.45) is 7.80. The Bertz CT molecular complexity index is 490. The van der Waals surface area contributed by atoms with Gasteiger partial charge in [0.2, 0.25) is 5.91 Å². The third kappa shape index (κ3) is 4.81. The third-order valence-electron chi connectivity index (χ3n) is 4.29. The summed E-state index contributed by atoms with van der Waals surface area (Å²) < 4.78 is 28.4. The summed E-state index contributed by atoms with van der Waals surface area (Å²) in [4.78, 5) is 14.2. The lowest BCUT2D eigenvalue weighted by molar-refractivity contribution is -0.128. The van der Waals surface area contributed by atoms with Crippen molar-refractivity contribution in [3.63, 3.8) is 0 Å². The molecule has 0 aromatic carbocycles. The van der Waals surface area contributed by atoms with Crippen molar-refractivity contribution in [1.29, 1.82) is 0 Å². The van der Waals surface area contributed by atoms with E-state index in [-0.39, 0.29) is 23.5 Å². The lowest BCUT2D eigenvalue weighted by atomic mass is 9.94. The number of ether oxygens (including phenoxy) is 1. The van der Waals surface area contributed by atoms with Gasteiger partial charge in [-0.3, -0.25) is 4.79 Å². The minimum absolute atomic E-state index is 0.0500. The van der Waals surface area contributed by atoms with E-state index >= 15 is 0 Å². The molecule has 1 aliphatic heterocycles. The Balaban J connectivity index is 2.06. The quantitative estimate of drug-likeness (QED) is 0.722. The van der Waals surface area contributed by atoms with E-state index in [1.54, 1.807) is 18.1 Å². The number of sulfone groups is 1.